The van der Waals surface area contributed by atoms with E-state index in [1.807, 2.05) is 32.1 Å². The van der Waals surface area contributed by atoms with Crippen molar-refractivity contribution in [1.82, 2.24) is 0 Å². The van der Waals surface area contributed by atoms with Crippen LogP contribution in [0, 0.1) is 64.7 Å². The molecule has 0 aliphatic heterocycles. The SMILES string of the molecule is [C-]#[O+].[C-]#[O+].[CH2][C]([CH]CCCC(C)=O)C(=O)OC.[CH]1[CH][CH][CH][CH]1.[Mo+2]. The Kier molecular flexibility index (Phi) is 34.4. The van der Waals surface area contributed by atoms with Crippen LogP contribution >= 0.6 is 0 Å². The van der Waals surface area contributed by atoms with E-state index in [1.165, 1.54) is 7.11 Å². The monoisotopic (exact) mass is 402 g/mol. The number of Topliss-reactive ketones (excluding diaryl/α,β-unsaturated/α-hetero) is 1. The molecule has 23 heavy (non-hydrogen) atoms. The molecule has 0 aromatic carbocycles. The second-order valence-corrected chi connectivity index (χ2v) is 3.78. The first kappa shape index (κ1) is 30.2. The van der Waals surface area contributed by atoms with Crippen LogP contribution in [0.1, 0.15) is 26.2 Å². The summed E-state index contributed by atoms with van der Waals surface area (Å²) in [7, 11) is 1.32. The van der Waals surface area contributed by atoms with Gasteiger partial charge in [0.1, 0.15) is 5.78 Å². The van der Waals surface area contributed by atoms with E-state index >= 15 is 0 Å². The topological polar surface area (TPSA) is 83.2 Å². The Morgan fingerprint density at radius 3 is 1.78 bits per heavy atom. The number of esters is 1. The van der Waals surface area contributed by atoms with Crippen LogP contribution in [0.25, 0.3) is 0 Å². The van der Waals surface area contributed by atoms with Crippen molar-refractivity contribution in [3.63, 3.8) is 0 Å². The van der Waals surface area contributed by atoms with Crippen molar-refractivity contribution in [2.24, 2.45) is 0 Å². The molecule has 0 unspecified atom stereocenters. The number of hydrogen-bond donors (Lipinski definition) is 0. The fraction of sp³-hybridized carbons (Fsp3) is 0.294. The zero-order valence-electron chi connectivity index (χ0n) is 13.2. The summed E-state index contributed by atoms with van der Waals surface area (Å²) < 4.78 is 19.5. The van der Waals surface area contributed by atoms with Gasteiger partial charge >= 0.3 is 49.6 Å². The summed E-state index contributed by atoms with van der Waals surface area (Å²) in [6.07, 6.45) is 13.7. The number of unbranched alkanes of at least 4 members (excludes halogenated alkanes) is 1. The first-order chi connectivity index (χ1) is 10.6. The quantitative estimate of drug-likeness (QED) is 0.226. The van der Waals surface area contributed by atoms with E-state index < -0.39 is 5.97 Å². The van der Waals surface area contributed by atoms with Gasteiger partial charge in [0.05, 0.1) is 13.0 Å². The van der Waals surface area contributed by atoms with Gasteiger partial charge in [0, 0.05) is 6.42 Å². The van der Waals surface area contributed by atoms with Crippen molar-refractivity contribution in [2.75, 3.05) is 7.11 Å². The van der Waals surface area contributed by atoms with Gasteiger partial charge in [-0.1, -0.05) is 0 Å². The largest absolute Gasteiger partial charge is 2.00 e. The Morgan fingerprint density at radius 1 is 1.09 bits per heavy atom. The molecule has 1 aliphatic rings. The van der Waals surface area contributed by atoms with Crippen LogP contribution in [0.2, 0.25) is 0 Å². The first-order valence-corrected chi connectivity index (χ1v) is 6.25. The fourth-order valence-corrected chi connectivity index (χ4v) is 1.16. The Hall–Kier alpha value is -0.692. The molecule has 0 amide bonds. The van der Waals surface area contributed by atoms with Gasteiger partial charge in [0.15, 0.2) is 0 Å². The third-order valence-electron chi connectivity index (χ3n) is 2.13. The van der Waals surface area contributed by atoms with Crippen LogP contribution in [-0.4, -0.2) is 18.9 Å². The van der Waals surface area contributed by atoms with Crippen LogP contribution in [0.15, 0.2) is 0 Å². The van der Waals surface area contributed by atoms with Crippen molar-refractivity contribution in [3.05, 3.63) is 64.7 Å². The molecule has 1 rings (SSSR count). The van der Waals surface area contributed by atoms with Crippen molar-refractivity contribution in [1.29, 1.82) is 0 Å². The van der Waals surface area contributed by atoms with Crippen LogP contribution in [-0.2, 0) is 44.7 Å². The second kappa shape index (κ2) is 26.2. The Bertz CT molecular complexity index is 295. The molecule has 1 aliphatic carbocycles. The Morgan fingerprint density at radius 2 is 1.48 bits per heavy atom. The van der Waals surface area contributed by atoms with E-state index in [0.29, 0.717) is 18.8 Å². The maximum atomic E-state index is 10.8. The predicted molar refractivity (Wildman–Crippen MR) is 78.8 cm³/mol. The van der Waals surface area contributed by atoms with E-state index in [1.54, 1.807) is 13.3 Å². The second-order valence-electron chi connectivity index (χ2n) is 3.78. The molecular formula is C17H20MoO5+2. The number of methoxy groups -OCH3 is 1. The van der Waals surface area contributed by atoms with Gasteiger partial charge in [-0.15, -0.1) is 0 Å². The molecule has 0 saturated heterocycles. The van der Waals surface area contributed by atoms with Crippen molar-refractivity contribution in [3.8, 4) is 0 Å². The van der Waals surface area contributed by atoms with E-state index in [4.69, 9.17) is 9.30 Å². The van der Waals surface area contributed by atoms with E-state index in [2.05, 4.69) is 25.0 Å². The van der Waals surface area contributed by atoms with E-state index in [-0.39, 0.29) is 26.8 Å². The fourth-order valence-electron chi connectivity index (χ4n) is 1.16. The molecule has 0 spiro atoms. The number of hydrogen-bond acceptors (Lipinski definition) is 3. The molecule has 1 saturated carbocycles. The third kappa shape index (κ3) is 26.5. The smallest absolute Gasteiger partial charge is 0.469 e. The van der Waals surface area contributed by atoms with Gasteiger partial charge in [0.2, 0.25) is 0 Å². The Labute approximate surface area is 154 Å². The van der Waals surface area contributed by atoms with Gasteiger partial charge in [-0.05, 0) is 65.2 Å². The van der Waals surface area contributed by atoms with Gasteiger partial charge in [-0.2, -0.15) is 0 Å². The van der Waals surface area contributed by atoms with E-state index in [9.17, 15) is 9.59 Å². The number of ketones is 1. The summed E-state index contributed by atoms with van der Waals surface area (Å²) >= 11 is 0. The first-order valence-electron chi connectivity index (χ1n) is 6.25. The minimum Gasteiger partial charge on any atom is -0.469 e. The van der Waals surface area contributed by atoms with Crippen LogP contribution in [0.3, 0.4) is 0 Å². The molecule has 0 heterocycles. The van der Waals surface area contributed by atoms with Gasteiger partial charge < -0.3 is 9.53 Å². The summed E-state index contributed by atoms with van der Waals surface area (Å²) in [5.41, 5.74) is 0. The predicted octanol–water partition coefficient (Wildman–Crippen LogP) is 2.48. The molecule has 6 heteroatoms. The van der Waals surface area contributed by atoms with Crippen LogP contribution in [0.5, 0.6) is 0 Å². The molecule has 1 fully saturated rings. The molecule has 5 nitrogen and oxygen atoms in total. The van der Waals surface area contributed by atoms with Crippen molar-refractivity contribution < 1.29 is 44.7 Å². The van der Waals surface area contributed by atoms with Gasteiger partial charge in [-0.25, -0.2) is 0 Å². The standard InChI is InChI=1S/C10H15O3.C5H5.2CO.Mo/c1-8(10(12)13-3)6-4-5-7-9(2)11;1-2-4-5-3-1;2*1-2;/h6H,1,4-5,7H2,2-3H3;1-5H;;;/q;;;;+2. The zero-order chi connectivity index (χ0) is 17.8. The zero-order valence-corrected chi connectivity index (χ0v) is 15.2. The van der Waals surface area contributed by atoms with Crippen molar-refractivity contribution >= 4 is 11.8 Å². The minimum absolute atomic E-state index is 0. The molecular weight excluding hydrogens is 380 g/mol. The molecule has 8 radical (unpaired) electrons. The Balaban J connectivity index is -0.000000149. The number of rotatable bonds is 6. The average Bonchev–Trinajstić information content (AvgIpc) is 3.14. The average molecular weight is 400 g/mol. The maximum absolute atomic E-state index is 10.8. The molecule has 0 aromatic rings. The summed E-state index contributed by atoms with van der Waals surface area (Å²) in [6, 6.07) is 0. The molecule has 0 bridgehead atoms. The summed E-state index contributed by atoms with van der Waals surface area (Å²) in [5, 5.41) is 0. The summed E-state index contributed by atoms with van der Waals surface area (Å²) in [4.78, 5) is 21.4. The number of ether oxygens (including phenoxy) is 1. The normalized spacial score (nSPS) is 11.1. The molecule has 0 atom stereocenters. The van der Waals surface area contributed by atoms with Gasteiger partial charge in [-0.3, -0.25) is 4.79 Å². The summed E-state index contributed by atoms with van der Waals surface area (Å²) in [5.74, 6) is 0.103. The van der Waals surface area contributed by atoms with E-state index in [0.717, 1.165) is 6.42 Å². The maximum Gasteiger partial charge on any atom is 2.00 e. The van der Waals surface area contributed by atoms with Crippen LogP contribution < -0.4 is 0 Å². The minimum atomic E-state index is -0.414. The van der Waals surface area contributed by atoms with Crippen LogP contribution in [0.4, 0.5) is 0 Å². The summed E-state index contributed by atoms with van der Waals surface area (Å²) in [6.45, 7) is 14.1. The molecule has 0 N–H and O–H groups in total. The van der Waals surface area contributed by atoms with Gasteiger partial charge in [0.25, 0.3) is 0 Å². The third-order valence-corrected chi connectivity index (χ3v) is 2.13. The van der Waals surface area contributed by atoms with Crippen molar-refractivity contribution in [2.45, 2.75) is 26.2 Å². The number of carbonyl (C=O) groups is 2. The molecule has 122 valence electrons. The number of carbonyl (C=O) groups excluding carboxylic acids is 2. The molecule has 0 aromatic heterocycles.